The summed E-state index contributed by atoms with van der Waals surface area (Å²) in [5.74, 6) is -1.12. The van der Waals surface area contributed by atoms with Gasteiger partial charge in [-0.25, -0.2) is 4.79 Å². The van der Waals surface area contributed by atoms with Crippen LogP contribution in [0.1, 0.15) is 43.4 Å². The highest BCUT2D eigenvalue weighted by atomic mass is 19.4. The quantitative estimate of drug-likeness (QED) is 0.713. The van der Waals surface area contributed by atoms with Crippen molar-refractivity contribution in [2.45, 2.75) is 38.9 Å². The minimum atomic E-state index is -4.60. The molecule has 0 aromatic heterocycles. The summed E-state index contributed by atoms with van der Waals surface area (Å²) in [6, 6.07) is 3.88. The van der Waals surface area contributed by atoms with E-state index in [0.29, 0.717) is 13.0 Å². The molecule has 0 amide bonds. The number of nitrogens with zero attached hydrogens (tertiary/aromatic N) is 2. The van der Waals surface area contributed by atoms with Crippen LogP contribution in [0, 0.1) is 11.3 Å². The van der Waals surface area contributed by atoms with Crippen LogP contribution in [-0.2, 0) is 11.0 Å². The maximum atomic E-state index is 13.0. The Hall–Kier alpha value is -2.66. The number of alkyl halides is 3. The van der Waals surface area contributed by atoms with E-state index in [2.05, 4.69) is 4.99 Å². The van der Waals surface area contributed by atoms with Crippen molar-refractivity contribution in [3.05, 3.63) is 41.0 Å². The molecule has 0 saturated carbocycles. The number of nitrogens with two attached hydrogens (primary N) is 1. The van der Waals surface area contributed by atoms with Gasteiger partial charge in [0.15, 0.2) is 0 Å². The number of halogens is 3. The Labute approximate surface area is 150 Å². The van der Waals surface area contributed by atoms with Gasteiger partial charge in [0.25, 0.3) is 0 Å². The molecule has 1 aromatic carbocycles. The molecule has 1 atom stereocenters. The fraction of sp³-hybridized carbons (Fsp3) is 0.389. The predicted molar refractivity (Wildman–Crippen MR) is 94.7 cm³/mol. The van der Waals surface area contributed by atoms with Crippen molar-refractivity contribution in [1.29, 1.82) is 5.26 Å². The topological polar surface area (TPSA) is 99.5 Å². The average molecular weight is 369 g/mol. The lowest BCUT2D eigenvalue weighted by molar-refractivity contribution is -0.139. The fourth-order valence-corrected chi connectivity index (χ4v) is 1.89. The molecule has 0 aliphatic heterocycles. The number of carbonyl (C=O) groups is 1. The Morgan fingerprint density at radius 3 is 2.58 bits per heavy atom. The Bertz CT molecular complexity index is 677. The second-order valence-electron chi connectivity index (χ2n) is 4.85. The van der Waals surface area contributed by atoms with Crippen LogP contribution in [0.25, 0.3) is 6.08 Å². The van der Waals surface area contributed by atoms with Gasteiger partial charge in [-0.15, -0.1) is 0 Å². The molecule has 0 saturated heterocycles. The van der Waals surface area contributed by atoms with Crippen LogP contribution in [0.5, 0.6) is 0 Å². The molecule has 3 N–H and O–H groups in total. The average Bonchev–Trinajstić information content (AvgIpc) is 2.61. The molecular formula is C18H22F3N3O2. The molecule has 0 spiro atoms. The van der Waals surface area contributed by atoms with Gasteiger partial charge in [-0.05, 0) is 43.2 Å². The number of aliphatic imine (C=N–C) groups is 1. The summed E-state index contributed by atoms with van der Waals surface area (Å²) in [7, 11) is 0. The Balaban J connectivity index is 0.00000301. The molecule has 0 bridgehead atoms. The monoisotopic (exact) mass is 369 g/mol. The lowest BCUT2D eigenvalue weighted by Gasteiger charge is -2.10. The molecule has 0 radical (unpaired) electrons. The van der Waals surface area contributed by atoms with E-state index in [0.717, 1.165) is 18.4 Å². The van der Waals surface area contributed by atoms with Gasteiger partial charge in [0.05, 0.1) is 17.2 Å². The molecule has 1 unspecified atom stereocenters. The zero-order valence-corrected chi connectivity index (χ0v) is 14.6. The minimum Gasteiger partial charge on any atom is -0.480 e. The van der Waals surface area contributed by atoms with Gasteiger partial charge < -0.3 is 10.8 Å². The van der Waals surface area contributed by atoms with Gasteiger partial charge in [-0.2, -0.15) is 18.4 Å². The number of aliphatic carboxylic acids is 1. The maximum absolute atomic E-state index is 13.0. The first-order valence-corrected chi connectivity index (χ1v) is 8.03. The zero-order chi connectivity index (χ0) is 20.2. The highest BCUT2D eigenvalue weighted by Gasteiger charge is 2.33. The van der Waals surface area contributed by atoms with Gasteiger partial charge in [0.2, 0.25) is 0 Å². The summed E-state index contributed by atoms with van der Waals surface area (Å²) in [4.78, 5) is 14.8. The van der Waals surface area contributed by atoms with E-state index >= 15 is 0 Å². The van der Waals surface area contributed by atoms with E-state index in [1.807, 2.05) is 13.8 Å². The van der Waals surface area contributed by atoms with Gasteiger partial charge in [0.1, 0.15) is 6.04 Å². The van der Waals surface area contributed by atoms with Crippen LogP contribution >= 0.6 is 0 Å². The van der Waals surface area contributed by atoms with Gasteiger partial charge in [-0.3, -0.25) is 4.99 Å². The van der Waals surface area contributed by atoms with Crippen molar-refractivity contribution in [2.24, 2.45) is 10.7 Å². The van der Waals surface area contributed by atoms with Crippen LogP contribution in [-0.4, -0.2) is 29.9 Å². The van der Waals surface area contributed by atoms with Crippen molar-refractivity contribution >= 4 is 18.3 Å². The number of allylic oxidation sites excluding steroid dienone is 1. The van der Waals surface area contributed by atoms with E-state index in [1.54, 1.807) is 6.07 Å². The Kier molecular flexibility index (Phi) is 10.6. The van der Waals surface area contributed by atoms with Gasteiger partial charge in [-0.1, -0.05) is 26.0 Å². The van der Waals surface area contributed by atoms with Gasteiger partial charge >= 0.3 is 12.1 Å². The molecule has 8 heteroatoms. The molecule has 0 aliphatic carbocycles. The highest BCUT2D eigenvalue weighted by Crippen LogP contribution is 2.33. The first-order chi connectivity index (χ1) is 12.3. The highest BCUT2D eigenvalue weighted by molar-refractivity contribution is 5.82. The molecule has 0 heterocycles. The van der Waals surface area contributed by atoms with Crippen LogP contribution in [0.3, 0.4) is 0 Å². The molecular weight excluding hydrogens is 347 g/mol. The third-order valence-electron chi connectivity index (χ3n) is 3.08. The Morgan fingerprint density at radius 1 is 1.42 bits per heavy atom. The summed E-state index contributed by atoms with van der Waals surface area (Å²) in [6.45, 7) is 4.33. The Morgan fingerprint density at radius 2 is 2.08 bits per heavy atom. The molecule has 0 fully saturated rings. The second-order valence-corrected chi connectivity index (χ2v) is 4.85. The molecule has 1 aromatic rings. The number of carboxylic acid groups (broad SMARTS) is 1. The van der Waals surface area contributed by atoms with Crippen LogP contribution in [0.15, 0.2) is 29.3 Å². The summed E-state index contributed by atoms with van der Waals surface area (Å²) in [5.41, 5.74) is 4.13. The number of benzene rings is 1. The normalized spacial score (nSPS) is 12.5. The van der Waals surface area contributed by atoms with E-state index < -0.39 is 23.8 Å². The number of carboxylic acids is 1. The number of nitriles is 1. The third kappa shape index (κ3) is 7.94. The van der Waals surface area contributed by atoms with E-state index in [9.17, 15) is 18.0 Å². The maximum Gasteiger partial charge on any atom is 0.417 e. The molecule has 5 nitrogen and oxygen atoms in total. The zero-order valence-electron chi connectivity index (χ0n) is 14.6. The van der Waals surface area contributed by atoms with Crippen molar-refractivity contribution in [2.75, 3.05) is 6.54 Å². The smallest absolute Gasteiger partial charge is 0.417 e. The standard InChI is InChI=1S/C16H16F3N3O2.C2H6/c17-16(18,19)13-9-11(10-21)5-6-12(13)3-2-8-22-14(15(23)24)4-1-7-20;1-2/h2-3,5-6,8-9,14H,1,4,7,20H2,(H,23,24);1-2H3/b3-2+,22-8?;. The molecule has 26 heavy (non-hydrogen) atoms. The first-order valence-electron chi connectivity index (χ1n) is 8.03. The third-order valence-corrected chi connectivity index (χ3v) is 3.08. The number of hydrogen-bond acceptors (Lipinski definition) is 4. The van der Waals surface area contributed by atoms with Crippen molar-refractivity contribution in [3.63, 3.8) is 0 Å². The predicted octanol–water partition coefficient (Wildman–Crippen LogP) is 3.88. The van der Waals surface area contributed by atoms with Crippen molar-refractivity contribution < 1.29 is 23.1 Å². The van der Waals surface area contributed by atoms with E-state index in [-0.39, 0.29) is 17.5 Å². The molecule has 1 rings (SSSR count). The number of rotatable bonds is 7. The summed E-state index contributed by atoms with van der Waals surface area (Å²) < 4.78 is 38.9. The lowest BCUT2D eigenvalue weighted by atomic mass is 10.0. The SMILES string of the molecule is CC.N#Cc1ccc(/C=C/C=NC(CCCN)C(=O)O)c(C(F)(F)F)c1. The van der Waals surface area contributed by atoms with Gasteiger partial charge in [0, 0.05) is 6.21 Å². The van der Waals surface area contributed by atoms with Crippen molar-refractivity contribution in [3.8, 4) is 6.07 Å². The number of hydrogen-bond donors (Lipinski definition) is 2. The van der Waals surface area contributed by atoms with Crippen LogP contribution < -0.4 is 5.73 Å². The van der Waals surface area contributed by atoms with Crippen LogP contribution in [0.2, 0.25) is 0 Å². The largest absolute Gasteiger partial charge is 0.480 e. The summed E-state index contributed by atoms with van der Waals surface area (Å²) >= 11 is 0. The van der Waals surface area contributed by atoms with E-state index in [1.165, 1.54) is 18.2 Å². The lowest BCUT2D eigenvalue weighted by Crippen LogP contribution is -2.19. The fourth-order valence-electron chi connectivity index (χ4n) is 1.89. The summed E-state index contributed by atoms with van der Waals surface area (Å²) in [6.07, 6.45) is -0.334. The molecule has 0 aliphatic rings. The van der Waals surface area contributed by atoms with E-state index in [4.69, 9.17) is 16.1 Å². The summed E-state index contributed by atoms with van der Waals surface area (Å²) in [5, 5.41) is 17.7. The van der Waals surface area contributed by atoms with Crippen molar-refractivity contribution in [1.82, 2.24) is 0 Å². The first kappa shape index (κ1) is 23.3. The molecule has 142 valence electrons. The second kappa shape index (κ2) is 11.8. The minimum absolute atomic E-state index is 0.0964. The van der Waals surface area contributed by atoms with Crippen LogP contribution in [0.4, 0.5) is 13.2 Å².